The Morgan fingerprint density at radius 2 is 1.47 bits per heavy atom. The van der Waals surface area contributed by atoms with Gasteiger partial charge in [-0.05, 0) is 37.3 Å². The fourth-order valence-electron chi connectivity index (χ4n) is 4.58. The van der Waals surface area contributed by atoms with Crippen LogP contribution in [0.3, 0.4) is 0 Å². The van der Waals surface area contributed by atoms with Crippen molar-refractivity contribution in [2.75, 3.05) is 0 Å². The molecule has 204 valence electrons. The predicted molar refractivity (Wildman–Crippen MR) is 132 cm³/mol. The summed E-state index contributed by atoms with van der Waals surface area (Å²) in [6.45, 7) is 5.00. The smallest absolute Gasteiger partial charge is 0.331 e. The van der Waals surface area contributed by atoms with Crippen LogP contribution in [0.15, 0.2) is 71.7 Å². The SMILES string of the molecule is C=C1Cc2ccccc2C(c2ccccc2)=N[C@@H]1NC(=O)[C@H](CCC(F)(F)F)[C@H](CCC(F)(F)F)C(C)=O. The van der Waals surface area contributed by atoms with Gasteiger partial charge in [0.1, 0.15) is 11.9 Å². The third-order valence-electron chi connectivity index (χ3n) is 6.48. The lowest BCUT2D eigenvalue weighted by Crippen LogP contribution is -2.43. The number of aliphatic imine (C=N–C) groups is 1. The normalized spacial score (nSPS) is 17.6. The van der Waals surface area contributed by atoms with Crippen LogP contribution in [-0.4, -0.2) is 35.9 Å². The van der Waals surface area contributed by atoms with E-state index < -0.39 is 67.7 Å². The maximum absolute atomic E-state index is 13.4. The molecule has 0 fully saturated rings. The Balaban J connectivity index is 1.96. The molecular formula is C28H28F6N2O2. The van der Waals surface area contributed by atoms with Gasteiger partial charge in [-0.2, -0.15) is 26.3 Å². The standard InChI is InChI=1S/C28H28F6N2O2/c1-17-16-20-10-6-7-11-22(20)24(19-8-4-3-5-9-19)35-25(17)36-26(38)23(13-15-28(32,33)34)21(18(2)37)12-14-27(29,30)31/h3-11,21,23,25H,1,12-16H2,2H3,(H,36,38)/t21-,23-,25-/m1/s1. The number of nitrogens with zero attached hydrogens (tertiary/aromatic N) is 1. The van der Waals surface area contributed by atoms with Crippen LogP contribution in [0.5, 0.6) is 0 Å². The molecule has 1 heterocycles. The Kier molecular flexibility index (Phi) is 9.17. The zero-order valence-corrected chi connectivity index (χ0v) is 20.7. The molecule has 0 aromatic heterocycles. The summed E-state index contributed by atoms with van der Waals surface area (Å²) in [5, 5.41) is 2.59. The average Bonchev–Trinajstić information content (AvgIpc) is 2.96. The van der Waals surface area contributed by atoms with E-state index in [2.05, 4.69) is 16.9 Å². The van der Waals surface area contributed by atoms with E-state index in [4.69, 9.17) is 0 Å². The first-order valence-electron chi connectivity index (χ1n) is 12.1. The molecule has 38 heavy (non-hydrogen) atoms. The Morgan fingerprint density at radius 1 is 0.921 bits per heavy atom. The van der Waals surface area contributed by atoms with Crippen molar-refractivity contribution < 1.29 is 35.9 Å². The fourth-order valence-corrected chi connectivity index (χ4v) is 4.58. The van der Waals surface area contributed by atoms with Gasteiger partial charge in [-0.3, -0.25) is 14.6 Å². The number of rotatable bonds is 9. The van der Waals surface area contributed by atoms with Crippen molar-refractivity contribution in [3.8, 4) is 0 Å². The topological polar surface area (TPSA) is 58.5 Å². The minimum Gasteiger partial charge on any atom is -0.331 e. The minimum atomic E-state index is -4.66. The van der Waals surface area contributed by atoms with Crippen LogP contribution >= 0.6 is 0 Å². The zero-order chi connectivity index (χ0) is 28.1. The Bertz CT molecular complexity index is 1190. The summed E-state index contributed by atoms with van der Waals surface area (Å²) in [6, 6.07) is 16.4. The van der Waals surface area contributed by atoms with Crippen LogP contribution in [0.2, 0.25) is 0 Å². The first-order chi connectivity index (χ1) is 17.7. The molecule has 0 aliphatic carbocycles. The van der Waals surface area contributed by atoms with Crippen LogP contribution < -0.4 is 5.32 Å². The van der Waals surface area contributed by atoms with Gasteiger partial charge in [0.05, 0.1) is 5.71 Å². The van der Waals surface area contributed by atoms with E-state index in [1.807, 2.05) is 42.5 Å². The number of ketones is 1. The fraction of sp³-hybridized carbons (Fsp3) is 0.393. The second-order valence-electron chi connectivity index (χ2n) is 9.38. The van der Waals surface area contributed by atoms with E-state index in [1.54, 1.807) is 12.1 Å². The van der Waals surface area contributed by atoms with Gasteiger partial charge in [-0.1, -0.05) is 61.2 Å². The second kappa shape index (κ2) is 12.0. The Morgan fingerprint density at radius 3 is 2.05 bits per heavy atom. The largest absolute Gasteiger partial charge is 0.389 e. The minimum absolute atomic E-state index is 0.304. The van der Waals surface area contributed by atoms with E-state index in [9.17, 15) is 35.9 Å². The highest BCUT2D eigenvalue weighted by Crippen LogP contribution is 2.33. The molecule has 10 heteroatoms. The number of nitrogens with one attached hydrogen (secondary N) is 1. The number of alkyl halides is 6. The first-order valence-corrected chi connectivity index (χ1v) is 12.1. The molecule has 4 nitrogen and oxygen atoms in total. The number of hydrogen-bond acceptors (Lipinski definition) is 3. The van der Waals surface area contributed by atoms with Crippen molar-refractivity contribution in [2.45, 2.75) is 57.5 Å². The number of hydrogen-bond donors (Lipinski definition) is 1. The third-order valence-corrected chi connectivity index (χ3v) is 6.48. The predicted octanol–water partition coefficient (Wildman–Crippen LogP) is 6.59. The summed E-state index contributed by atoms with van der Waals surface area (Å²) >= 11 is 0. The molecule has 0 bridgehead atoms. The van der Waals surface area contributed by atoms with Gasteiger partial charge >= 0.3 is 12.4 Å². The van der Waals surface area contributed by atoms with Gasteiger partial charge in [-0.25, -0.2) is 0 Å². The summed E-state index contributed by atoms with van der Waals surface area (Å²) in [4.78, 5) is 30.3. The average molecular weight is 539 g/mol. The highest BCUT2D eigenvalue weighted by Gasteiger charge is 2.39. The van der Waals surface area contributed by atoms with Crippen molar-refractivity contribution >= 4 is 17.4 Å². The van der Waals surface area contributed by atoms with Crippen molar-refractivity contribution in [3.05, 3.63) is 83.4 Å². The number of fused-ring (bicyclic) bond motifs is 1. The molecule has 1 aliphatic heterocycles. The van der Waals surface area contributed by atoms with E-state index in [0.717, 1.165) is 23.6 Å². The highest BCUT2D eigenvalue weighted by atomic mass is 19.4. The van der Waals surface area contributed by atoms with Gasteiger partial charge in [0.2, 0.25) is 5.91 Å². The van der Waals surface area contributed by atoms with Crippen molar-refractivity contribution in [1.29, 1.82) is 0 Å². The molecular weight excluding hydrogens is 510 g/mol. The maximum atomic E-state index is 13.4. The van der Waals surface area contributed by atoms with Gasteiger partial charge in [0.25, 0.3) is 0 Å². The quantitative estimate of drug-likeness (QED) is 0.290. The molecule has 1 N–H and O–H groups in total. The summed E-state index contributed by atoms with van der Waals surface area (Å²) in [6.07, 6.45) is -14.5. The zero-order valence-electron chi connectivity index (χ0n) is 20.7. The molecule has 2 aromatic carbocycles. The van der Waals surface area contributed by atoms with Crippen molar-refractivity contribution in [2.24, 2.45) is 16.8 Å². The molecule has 3 rings (SSSR count). The molecule has 1 amide bonds. The third kappa shape index (κ3) is 8.03. The van der Waals surface area contributed by atoms with Crippen LogP contribution in [0.1, 0.15) is 49.3 Å². The van der Waals surface area contributed by atoms with Crippen LogP contribution in [0, 0.1) is 11.8 Å². The summed E-state index contributed by atoms with van der Waals surface area (Å²) in [5.74, 6) is -4.90. The lowest BCUT2D eigenvalue weighted by molar-refractivity contribution is -0.151. The monoisotopic (exact) mass is 538 g/mol. The second-order valence-corrected chi connectivity index (χ2v) is 9.38. The van der Waals surface area contributed by atoms with Gasteiger partial charge in [0, 0.05) is 35.8 Å². The van der Waals surface area contributed by atoms with Crippen molar-refractivity contribution in [1.82, 2.24) is 5.32 Å². The lowest BCUT2D eigenvalue weighted by Gasteiger charge is -2.27. The molecule has 0 saturated heterocycles. The van der Waals surface area contributed by atoms with Crippen LogP contribution in [0.25, 0.3) is 0 Å². The first kappa shape index (κ1) is 29.1. The van der Waals surface area contributed by atoms with Crippen LogP contribution in [0.4, 0.5) is 26.3 Å². The van der Waals surface area contributed by atoms with E-state index in [-0.39, 0.29) is 0 Å². The molecule has 0 unspecified atom stereocenters. The molecule has 2 aromatic rings. The van der Waals surface area contributed by atoms with E-state index >= 15 is 0 Å². The summed E-state index contributed by atoms with van der Waals surface area (Å²) in [5.41, 5.74) is 3.36. The van der Waals surface area contributed by atoms with Crippen molar-refractivity contribution in [3.63, 3.8) is 0 Å². The number of benzene rings is 2. The van der Waals surface area contributed by atoms with Gasteiger partial charge < -0.3 is 5.32 Å². The Hall–Kier alpha value is -3.43. The van der Waals surface area contributed by atoms with Gasteiger partial charge in [-0.15, -0.1) is 0 Å². The number of amides is 1. The highest BCUT2D eigenvalue weighted by molar-refractivity contribution is 6.14. The van der Waals surface area contributed by atoms with E-state index in [0.29, 0.717) is 17.7 Å². The number of carbonyl (C=O) groups is 2. The van der Waals surface area contributed by atoms with Gasteiger partial charge in [0.15, 0.2) is 0 Å². The summed E-state index contributed by atoms with van der Waals surface area (Å²) in [7, 11) is 0. The number of carbonyl (C=O) groups excluding carboxylic acids is 2. The molecule has 1 aliphatic rings. The molecule has 0 saturated carbocycles. The number of halogens is 6. The van der Waals surface area contributed by atoms with Crippen LogP contribution in [-0.2, 0) is 16.0 Å². The summed E-state index contributed by atoms with van der Waals surface area (Å²) < 4.78 is 77.9. The lowest BCUT2D eigenvalue weighted by atomic mass is 9.81. The Labute approximate surface area is 216 Å². The molecule has 0 radical (unpaired) electrons. The maximum Gasteiger partial charge on any atom is 0.389 e. The molecule has 0 spiro atoms. The van der Waals surface area contributed by atoms with E-state index in [1.165, 1.54) is 0 Å². The number of Topliss-reactive ketones (excluding diaryl/α,β-unsaturated/α-hetero) is 1. The molecule has 3 atom stereocenters.